The highest BCUT2D eigenvalue weighted by molar-refractivity contribution is 5.96. The highest BCUT2D eigenvalue weighted by Crippen LogP contribution is 2.22. The van der Waals surface area contributed by atoms with E-state index in [2.05, 4.69) is 15.5 Å². The summed E-state index contributed by atoms with van der Waals surface area (Å²) in [6, 6.07) is 5.79. The summed E-state index contributed by atoms with van der Waals surface area (Å²) in [6.45, 7) is 5.85. The molecule has 2 aliphatic heterocycles. The number of aryl methyl sites for hydroxylation is 1. The molecule has 3 rings (SSSR count). The Labute approximate surface area is 143 Å². The Bertz CT molecular complexity index is 625. The number of hydrogen-bond donors (Lipinski definition) is 2. The van der Waals surface area contributed by atoms with Gasteiger partial charge in [0.05, 0.1) is 0 Å². The van der Waals surface area contributed by atoms with Gasteiger partial charge < -0.3 is 15.5 Å². The fraction of sp³-hybridized carbons (Fsp3) is 0.556. The summed E-state index contributed by atoms with van der Waals surface area (Å²) >= 11 is 0. The second kappa shape index (κ2) is 7.21. The molecule has 0 unspecified atom stereocenters. The van der Waals surface area contributed by atoms with E-state index in [1.165, 1.54) is 25.9 Å². The number of nitrogens with one attached hydrogen (secondary N) is 2. The van der Waals surface area contributed by atoms with Crippen molar-refractivity contribution in [1.82, 2.24) is 15.1 Å². The summed E-state index contributed by atoms with van der Waals surface area (Å²) in [5.74, 6) is -0.121. The molecule has 0 aromatic heterocycles. The van der Waals surface area contributed by atoms with Crippen LogP contribution in [0.25, 0.3) is 0 Å². The van der Waals surface area contributed by atoms with Gasteiger partial charge in [-0.1, -0.05) is 0 Å². The zero-order valence-corrected chi connectivity index (χ0v) is 14.5. The molecule has 2 heterocycles. The lowest BCUT2D eigenvalue weighted by Gasteiger charge is -2.24. The molecule has 2 fully saturated rings. The first-order chi connectivity index (χ1) is 11.6. The van der Waals surface area contributed by atoms with Gasteiger partial charge in [-0.25, -0.2) is 4.79 Å². The summed E-state index contributed by atoms with van der Waals surface area (Å²) in [5.41, 5.74) is 2.25. The van der Waals surface area contributed by atoms with Gasteiger partial charge in [-0.05, 0) is 63.0 Å². The van der Waals surface area contributed by atoms with Crippen molar-refractivity contribution in [3.8, 4) is 0 Å². The van der Waals surface area contributed by atoms with E-state index >= 15 is 0 Å². The fourth-order valence-corrected chi connectivity index (χ4v) is 3.61. The van der Waals surface area contributed by atoms with Crippen molar-refractivity contribution in [2.75, 3.05) is 38.5 Å². The maximum Gasteiger partial charge on any atom is 0.321 e. The first kappa shape index (κ1) is 16.8. The Balaban J connectivity index is 1.60. The lowest BCUT2D eigenvalue weighted by Crippen LogP contribution is -2.38. The topological polar surface area (TPSA) is 64.7 Å². The molecule has 2 aliphatic rings. The minimum atomic E-state index is -0.121. The Morgan fingerprint density at radius 1 is 1.17 bits per heavy atom. The van der Waals surface area contributed by atoms with Crippen molar-refractivity contribution in [2.24, 2.45) is 0 Å². The zero-order valence-electron chi connectivity index (χ0n) is 14.5. The number of urea groups is 1. The number of rotatable bonds is 3. The monoisotopic (exact) mass is 330 g/mol. The molecule has 0 saturated carbocycles. The van der Waals surface area contributed by atoms with Crippen molar-refractivity contribution >= 4 is 17.6 Å². The van der Waals surface area contributed by atoms with Gasteiger partial charge in [0.25, 0.3) is 5.91 Å². The lowest BCUT2D eigenvalue weighted by atomic mass is 10.1. The summed E-state index contributed by atoms with van der Waals surface area (Å²) in [7, 11) is 1.61. The molecule has 1 atom stereocenters. The van der Waals surface area contributed by atoms with Crippen molar-refractivity contribution in [2.45, 2.75) is 32.2 Å². The van der Waals surface area contributed by atoms with Crippen molar-refractivity contribution < 1.29 is 9.59 Å². The van der Waals surface area contributed by atoms with Gasteiger partial charge in [-0.2, -0.15) is 0 Å². The molecule has 0 bridgehead atoms. The summed E-state index contributed by atoms with van der Waals surface area (Å²) in [5, 5.41) is 5.59. The van der Waals surface area contributed by atoms with E-state index in [0.717, 1.165) is 30.8 Å². The number of hydrogen-bond acceptors (Lipinski definition) is 3. The molecule has 0 aliphatic carbocycles. The van der Waals surface area contributed by atoms with E-state index in [1.807, 2.05) is 11.8 Å². The predicted molar refractivity (Wildman–Crippen MR) is 94.4 cm³/mol. The molecule has 130 valence electrons. The Morgan fingerprint density at radius 3 is 2.58 bits per heavy atom. The number of amides is 3. The van der Waals surface area contributed by atoms with E-state index in [9.17, 15) is 9.59 Å². The van der Waals surface area contributed by atoms with E-state index in [1.54, 1.807) is 25.2 Å². The van der Waals surface area contributed by atoms with E-state index in [0.29, 0.717) is 11.6 Å². The Kier molecular flexibility index (Phi) is 5.04. The maximum absolute atomic E-state index is 12.5. The third kappa shape index (κ3) is 3.53. The van der Waals surface area contributed by atoms with Crippen molar-refractivity contribution in [1.29, 1.82) is 0 Å². The summed E-state index contributed by atoms with van der Waals surface area (Å²) in [4.78, 5) is 28.6. The first-order valence-corrected chi connectivity index (χ1v) is 8.71. The quantitative estimate of drug-likeness (QED) is 0.891. The number of carbonyl (C=O) groups excluding carboxylic acids is 2. The smallest absolute Gasteiger partial charge is 0.321 e. The number of benzene rings is 1. The van der Waals surface area contributed by atoms with Gasteiger partial charge in [0, 0.05) is 37.4 Å². The van der Waals surface area contributed by atoms with Crippen molar-refractivity contribution in [3.05, 3.63) is 29.3 Å². The van der Waals surface area contributed by atoms with E-state index in [4.69, 9.17) is 0 Å². The zero-order chi connectivity index (χ0) is 17.1. The molecule has 0 radical (unpaired) electrons. The molecule has 6 nitrogen and oxygen atoms in total. The van der Waals surface area contributed by atoms with Crippen LogP contribution in [0.1, 0.15) is 35.2 Å². The third-order valence-electron chi connectivity index (χ3n) is 5.06. The molecule has 3 amide bonds. The lowest BCUT2D eigenvalue weighted by molar-refractivity contribution is 0.0963. The maximum atomic E-state index is 12.5. The van der Waals surface area contributed by atoms with Crippen LogP contribution in [-0.4, -0.2) is 61.0 Å². The van der Waals surface area contributed by atoms with Crippen LogP contribution >= 0.6 is 0 Å². The second-order valence-electron chi connectivity index (χ2n) is 6.67. The van der Waals surface area contributed by atoms with Gasteiger partial charge >= 0.3 is 6.03 Å². The highest BCUT2D eigenvalue weighted by Gasteiger charge is 2.31. The van der Waals surface area contributed by atoms with Crippen LogP contribution in [0.15, 0.2) is 18.2 Å². The molecular formula is C18H26N4O2. The number of anilines is 1. The fourth-order valence-electron chi connectivity index (χ4n) is 3.61. The van der Waals surface area contributed by atoms with Crippen LogP contribution in [0.5, 0.6) is 0 Å². The molecular weight excluding hydrogens is 304 g/mol. The highest BCUT2D eigenvalue weighted by atomic mass is 16.2. The third-order valence-corrected chi connectivity index (χ3v) is 5.06. The number of likely N-dealkylation sites (tertiary alicyclic amines) is 2. The molecule has 24 heavy (non-hydrogen) atoms. The normalized spacial score (nSPS) is 21.1. The van der Waals surface area contributed by atoms with E-state index in [-0.39, 0.29) is 11.9 Å². The SMILES string of the molecule is CNC(=O)c1ccc(NC(=O)N2CC[C@@H](N3CCCC3)C2)c(C)c1. The minimum Gasteiger partial charge on any atom is -0.355 e. The van der Waals surface area contributed by atoms with Crippen LogP contribution in [0.2, 0.25) is 0 Å². The van der Waals surface area contributed by atoms with Crippen LogP contribution in [0, 0.1) is 6.92 Å². The van der Waals surface area contributed by atoms with Crippen LogP contribution in [-0.2, 0) is 0 Å². The average Bonchev–Trinajstić information content (AvgIpc) is 3.26. The van der Waals surface area contributed by atoms with Gasteiger partial charge in [0.2, 0.25) is 0 Å². The second-order valence-corrected chi connectivity index (χ2v) is 6.67. The summed E-state index contributed by atoms with van der Waals surface area (Å²) < 4.78 is 0. The molecule has 2 saturated heterocycles. The molecule has 2 N–H and O–H groups in total. The van der Waals surface area contributed by atoms with Crippen molar-refractivity contribution in [3.63, 3.8) is 0 Å². The van der Waals surface area contributed by atoms with Gasteiger partial charge in [0.1, 0.15) is 0 Å². The Morgan fingerprint density at radius 2 is 1.92 bits per heavy atom. The molecule has 1 aromatic rings. The average molecular weight is 330 g/mol. The largest absolute Gasteiger partial charge is 0.355 e. The standard InChI is InChI=1S/C18H26N4O2/c1-13-11-14(17(23)19-2)5-6-16(13)20-18(24)22-10-7-15(12-22)21-8-3-4-9-21/h5-6,11,15H,3-4,7-10,12H2,1-2H3,(H,19,23)(H,20,24)/t15-/m1/s1. The predicted octanol–water partition coefficient (Wildman–Crippen LogP) is 2.06. The van der Waals surface area contributed by atoms with Gasteiger partial charge in [0.15, 0.2) is 0 Å². The van der Waals surface area contributed by atoms with Gasteiger partial charge in [-0.15, -0.1) is 0 Å². The van der Waals surface area contributed by atoms with Crippen LogP contribution in [0.3, 0.4) is 0 Å². The number of carbonyl (C=O) groups is 2. The molecule has 1 aromatic carbocycles. The van der Waals surface area contributed by atoms with Gasteiger partial charge in [-0.3, -0.25) is 9.69 Å². The Hall–Kier alpha value is -2.08. The van der Waals surface area contributed by atoms with E-state index < -0.39 is 0 Å². The molecule has 0 spiro atoms. The van der Waals surface area contributed by atoms with Crippen LogP contribution < -0.4 is 10.6 Å². The molecule has 6 heteroatoms. The number of nitrogens with zero attached hydrogens (tertiary/aromatic N) is 2. The minimum absolute atomic E-state index is 0.0486. The van der Waals surface area contributed by atoms with Crippen LogP contribution in [0.4, 0.5) is 10.5 Å². The summed E-state index contributed by atoms with van der Waals surface area (Å²) in [6.07, 6.45) is 3.61. The first-order valence-electron chi connectivity index (χ1n) is 8.71.